The van der Waals surface area contributed by atoms with Gasteiger partial charge in [-0.05, 0) is 50.5 Å². The highest BCUT2D eigenvalue weighted by Gasteiger charge is 2.20. The summed E-state index contributed by atoms with van der Waals surface area (Å²) in [5.74, 6) is 0.614. The summed E-state index contributed by atoms with van der Waals surface area (Å²) < 4.78 is 6.82. The molecule has 2 aromatic heterocycles. The number of aryl methyl sites for hydroxylation is 2. The van der Waals surface area contributed by atoms with E-state index in [0.29, 0.717) is 28.9 Å². The van der Waals surface area contributed by atoms with Gasteiger partial charge in [-0.1, -0.05) is 48.3 Å². The Kier molecular flexibility index (Phi) is 5.54. The molecule has 0 unspecified atom stereocenters. The van der Waals surface area contributed by atoms with E-state index in [4.69, 9.17) is 9.62 Å². The van der Waals surface area contributed by atoms with E-state index in [1.54, 1.807) is 12.1 Å². The fourth-order valence-electron chi connectivity index (χ4n) is 4.62. The van der Waals surface area contributed by atoms with Crippen LogP contribution in [0.3, 0.4) is 0 Å². The Balaban J connectivity index is 1.47. The lowest BCUT2D eigenvalue weighted by molar-refractivity contribution is 0.0938. The topological polar surface area (TPSA) is 90.0 Å². The smallest absolute Gasteiger partial charge is 0.274 e. The van der Waals surface area contributed by atoms with Crippen LogP contribution in [0.15, 0.2) is 57.8 Å². The van der Waals surface area contributed by atoms with Gasteiger partial charge >= 0.3 is 0 Å². The van der Waals surface area contributed by atoms with Gasteiger partial charge in [0, 0.05) is 17.0 Å². The Morgan fingerprint density at radius 2 is 1.76 bits per heavy atom. The molecule has 1 aliphatic carbocycles. The van der Waals surface area contributed by atoms with Crippen LogP contribution >= 0.6 is 0 Å². The van der Waals surface area contributed by atoms with E-state index in [1.807, 2.05) is 50.2 Å². The number of hydrogen-bond donors (Lipinski definition) is 1. The van der Waals surface area contributed by atoms with E-state index in [-0.39, 0.29) is 17.5 Å². The Morgan fingerprint density at radius 1 is 1.06 bits per heavy atom. The molecule has 7 heteroatoms. The first kappa shape index (κ1) is 21.1. The molecule has 2 heterocycles. The summed E-state index contributed by atoms with van der Waals surface area (Å²) in [6, 6.07) is 15.1. The second-order valence-electron chi connectivity index (χ2n) is 8.71. The fourth-order valence-corrected chi connectivity index (χ4v) is 4.62. The summed E-state index contributed by atoms with van der Waals surface area (Å²) >= 11 is 0. The van der Waals surface area contributed by atoms with Gasteiger partial charge < -0.3 is 9.84 Å². The van der Waals surface area contributed by atoms with Crippen molar-refractivity contribution >= 4 is 16.7 Å². The van der Waals surface area contributed by atoms with E-state index in [9.17, 15) is 9.59 Å². The van der Waals surface area contributed by atoms with Crippen molar-refractivity contribution in [2.45, 2.75) is 52.1 Å². The maximum atomic E-state index is 13.2. The number of benzene rings is 2. The molecule has 7 nitrogen and oxygen atoms in total. The third-order valence-corrected chi connectivity index (χ3v) is 6.38. The summed E-state index contributed by atoms with van der Waals surface area (Å²) in [7, 11) is 0. The Morgan fingerprint density at radius 3 is 2.42 bits per heavy atom. The van der Waals surface area contributed by atoms with Gasteiger partial charge in [-0.25, -0.2) is 4.68 Å². The molecule has 2 aromatic carbocycles. The minimum atomic E-state index is -0.163. The van der Waals surface area contributed by atoms with Crippen molar-refractivity contribution in [1.82, 2.24) is 20.3 Å². The molecule has 1 amide bonds. The number of rotatable bonds is 5. The number of hydrogen-bond acceptors (Lipinski definition) is 5. The van der Waals surface area contributed by atoms with Gasteiger partial charge in [0.1, 0.15) is 11.5 Å². The number of nitrogens with one attached hydrogen (secondary N) is 1. The maximum absolute atomic E-state index is 13.2. The normalized spacial score (nSPS) is 14.1. The zero-order valence-electron chi connectivity index (χ0n) is 18.8. The molecular formula is C26H26N4O3. The van der Waals surface area contributed by atoms with Gasteiger partial charge in [0.25, 0.3) is 11.5 Å². The second-order valence-corrected chi connectivity index (χ2v) is 8.71. The van der Waals surface area contributed by atoms with Crippen LogP contribution in [0.2, 0.25) is 0 Å². The number of aromatic nitrogens is 3. The van der Waals surface area contributed by atoms with Crippen LogP contribution < -0.4 is 10.9 Å². The predicted molar refractivity (Wildman–Crippen MR) is 126 cm³/mol. The molecule has 1 fully saturated rings. The fraction of sp³-hybridized carbons (Fsp3) is 0.308. The average molecular weight is 443 g/mol. The van der Waals surface area contributed by atoms with Crippen LogP contribution in [0.25, 0.3) is 22.0 Å². The van der Waals surface area contributed by atoms with Crippen molar-refractivity contribution < 1.29 is 9.32 Å². The van der Waals surface area contributed by atoms with Crippen LogP contribution in [-0.2, 0) is 6.54 Å². The molecule has 0 saturated heterocycles. The average Bonchev–Trinajstić information content (AvgIpc) is 3.45. The SMILES string of the molecule is Cc1noc(C)c1-c1nn(Cc2ccc(C(=O)NC3CCCC3)cc2)c(=O)c2ccccc12. The molecule has 5 rings (SSSR count). The standard InChI is InChI=1S/C26H26N4O3/c1-16-23(17(2)33-29-16)24-21-9-5-6-10-22(21)26(32)30(28-24)15-18-11-13-19(14-12-18)25(31)27-20-7-3-4-8-20/h5-6,9-14,20H,3-4,7-8,15H2,1-2H3,(H,27,31). The summed E-state index contributed by atoms with van der Waals surface area (Å²) in [4.78, 5) is 25.7. The van der Waals surface area contributed by atoms with E-state index < -0.39 is 0 Å². The molecule has 1 saturated carbocycles. The summed E-state index contributed by atoms with van der Waals surface area (Å²) in [6.45, 7) is 4.01. The highest BCUT2D eigenvalue weighted by molar-refractivity contribution is 5.95. The molecule has 0 atom stereocenters. The minimum absolute atomic E-state index is 0.0462. The van der Waals surface area contributed by atoms with Crippen molar-refractivity contribution in [2.24, 2.45) is 0 Å². The minimum Gasteiger partial charge on any atom is -0.361 e. The maximum Gasteiger partial charge on any atom is 0.274 e. The first-order valence-electron chi connectivity index (χ1n) is 11.3. The van der Waals surface area contributed by atoms with Crippen molar-refractivity contribution in [3.05, 3.63) is 81.5 Å². The molecule has 1 N–H and O–H groups in total. The van der Waals surface area contributed by atoms with Crippen molar-refractivity contribution in [2.75, 3.05) is 0 Å². The van der Waals surface area contributed by atoms with Crippen LogP contribution in [0.1, 0.15) is 53.1 Å². The molecule has 33 heavy (non-hydrogen) atoms. The largest absolute Gasteiger partial charge is 0.361 e. The van der Waals surface area contributed by atoms with Crippen molar-refractivity contribution in [1.29, 1.82) is 0 Å². The van der Waals surface area contributed by atoms with Gasteiger partial charge in [-0.2, -0.15) is 5.10 Å². The van der Waals surface area contributed by atoms with Gasteiger partial charge in [0.15, 0.2) is 0 Å². The van der Waals surface area contributed by atoms with Gasteiger partial charge in [0.2, 0.25) is 0 Å². The molecule has 0 bridgehead atoms. The number of nitrogens with zero attached hydrogens (tertiary/aromatic N) is 3. The lowest BCUT2D eigenvalue weighted by Gasteiger charge is -2.13. The molecule has 0 aliphatic heterocycles. The lowest BCUT2D eigenvalue weighted by Crippen LogP contribution is -2.32. The van der Waals surface area contributed by atoms with Crippen LogP contribution in [0.5, 0.6) is 0 Å². The highest BCUT2D eigenvalue weighted by Crippen LogP contribution is 2.30. The zero-order valence-corrected chi connectivity index (χ0v) is 18.8. The third-order valence-electron chi connectivity index (χ3n) is 6.38. The highest BCUT2D eigenvalue weighted by atomic mass is 16.5. The molecule has 4 aromatic rings. The number of amides is 1. The van der Waals surface area contributed by atoms with E-state index in [2.05, 4.69) is 10.5 Å². The van der Waals surface area contributed by atoms with Gasteiger partial charge in [-0.3, -0.25) is 9.59 Å². The van der Waals surface area contributed by atoms with Crippen molar-refractivity contribution in [3.8, 4) is 11.3 Å². The quantitative estimate of drug-likeness (QED) is 0.495. The summed E-state index contributed by atoms with van der Waals surface area (Å²) in [5.41, 5.74) is 3.56. The molecule has 1 aliphatic rings. The monoisotopic (exact) mass is 442 g/mol. The molecule has 0 radical (unpaired) electrons. The second kappa shape index (κ2) is 8.65. The Hall–Kier alpha value is -3.74. The van der Waals surface area contributed by atoms with E-state index in [0.717, 1.165) is 35.0 Å². The van der Waals surface area contributed by atoms with Crippen molar-refractivity contribution in [3.63, 3.8) is 0 Å². The lowest BCUT2D eigenvalue weighted by atomic mass is 10.0. The van der Waals surface area contributed by atoms with Gasteiger partial charge in [-0.15, -0.1) is 0 Å². The molecule has 168 valence electrons. The summed E-state index contributed by atoms with van der Waals surface area (Å²) in [5, 5.41) is 13.2. The number of fused-ring (bicyclic) bond motifs is 1. The Bertz CT molecular complexity index is 1360. The summed E-state index contributed by atoms with van der Waals surface area (Å²) in [6.07, 6.45) is 4.45. The molecular weight excluding hydrogens is 416 g/mol. The Labute approximate surface area is 191 Å². The number of carbonyl (C=O) groups is 1. The van der Waals surface area contributed by atoms with E-state index in [1.165, 1.54) is 17.5 Å². The molecule has 0 spiro atoms. The first-order valence-corrected chi connectivity index (χ1v) is 11.3. The van der Waals surface area contributed by atoms with E-state index >= 15 is 0 Å². The predicted octanol–water partition coefficient (Wildman–Crippen LogP) is 4.39. The van der Waals surface area contributed by atoms with Crippen LogP contribution in [-0.4, -0.2) is 26.9 Å². The van der Waals surface area contributed by atoms with Gasteiger partial charge in [0.05, 0.1) is 23.2 Å². The zero-order chi connectivity index (χ0) is 22.9. The number of carbonyl (C=O) groups excluding carboxylic acids is 1. The first-order chi connectivity index (χ1) is 16.0. The van der Waals surface area contributed by atoms with Crippen LogP contribution in [0.4, 0.5) is 0 Å². The third kappa shape index (κ3) is 4.06. The van der Waals surface area contributed by atoms with Crippen LogP contribution in [0, 0.1) is 13.8 Å².